The van der Waals surface area contributed by atoms with Gasteiger partial charge in [0.15, 0.2) is 0 Å². The van der Waals surface area contributed by atoms with E-state index in [1.807, 2.05) is 13.8 Å². The maximum Gasteiger partial charge on any atom is 0.261 e. The molecule has 0 aliphatic carbocycles. The zero-order valence-electron chi connectivity index (χ0n) is 11.2. The molecule has 0 radical (unpaired) electrons. The highest BCUT2D eigenvalue weighted by molar-refractivity contribution is 5.95. The summed E-state index contributed by atoms with van der Waals surface area (Å²) in [6.45, 7) is 7.35. The van der Waals surface area contributed by atoms with Crippen molar-refractivity contribution in [1.29, 1.82) is 0 Å². The van der Waals surface area contributed by atoms with Gasteiger partial charge in [0.05, 0.1) is 6.10 Å². The molecule has 18 heavy (non-hydrogen) atoms. The van der Waals surface area contributed by atoms with E-state index in [2.05, 4.69) is 10.3 Å². The largest absolute Gasteiger partial charge is 0.391 e. The highest BCUT2D eigenvalue weighted by Gasteiger charge is 2.16. The average Bonchev–Trinajstić information content (AvgIpc) is 2.24. The number of pyridine rings is 1. The molecule has 0 bridgehead atoms. The lowest BCUT2D eigenvalue weighted by molar-refractivity contribution is 0.0869. The standard InChI is InChI=1S/C13H20N2O3/c1-7(2)10(16)6-14-12(17)11-8(3)5-9(4)15-13(11)18/h5,7,10,16H,6H2,1-4H3,(H,14,17)(H,15,18). The van der Waals surface area contributed by atoms with Gasteiger partial charge in [-0.05, 0) is 31.4 Å². The Balaban J connectivity index is 2.83. The summed E-state index contributed by atoms with van der Waals surface area (Å²) < 4.78 is 0. The quantitative estimate of drug-likeness (QED) is 0.739. The van der Waals surface area contributed by atoms with E-state index in [1.165, 1.54) is 0 Å². The first-order valence-electron chi connectivity index (χ1n) is 5.99. The Morgan fingerprint density at radius 3 is 2.56 bits per heavy atom. The molecular formula is C13H20N2O3. The van der Waals surface area contributed by atoms with Gasteiger partial charge in [0.2, 0.25) is 0 Å². The van der Waals surface area contributed by atoms with E-state index in [1.54, 1.807) is 19.9 Å². The molecule has 100 valence electrons. The zero-order chi connectivity index (χ0) is 13.9. The van der Waals surface area contributed by atoms with Crippen LogP contribution in [0.1, 0.15) is 35.5 Å². The molecule has 1 heterocycles. The fourth-order valence-electron chi connectivity index (χ4n) is 1.66. The number of hydrogen-bond acceptors (Lipinski definition) is 3. The number of aliphatic hydroxyl groups is 1. The summed E-state index contributed by atoms with van der Waals surface area (Å²) in [5.41, 5.74) is 1.06. The second-order valence-corrected chi connectivity index (χ2v) is 4.86. The van der Waals surface area contributed by atoms with Crippen molar-refractivity contribution < 1.29 is 9.90 Å². The van der Waals surface area contributed by atoms with Crippen molar-refractivity contribution in [3.8, 4) is 0 Å². The molecule has 0 saturated heterocycles. The SMILES string of the molecule is Cc1cc(C)c(C(=O)NCC(O)C(C)C)c(=O)[nH]1. The lowest BCUT2D eigenvalue weighted by Crippen LogP contribution is -2.37. The summed E-state index contributed by atoms with van der Waals surface area (Å²) in [7, 11) is 0. The predicted molar refractivity (Wildman–Crippen MR) is 69.7 cm³/mol. The third-order valence-corrected chi connectivity index (χ3v) is 2.83. The molecular weight excluding hydrogens is 232 g/mol. The van der Waals surface area contributed by atoms with Gasteiger partial charge in [-0.25, -0.2) is 0 Å². The van der Waals surface area contributed by atoms with Crippen molar-refractivity contribution in [2.75, 3.05) is 6.54 Å². The van der Waals surface area contributed by atoms with Crippen LogP contribution in [0.25, 0.3) is 0 Å². The molecule has 0 aromatic carbocycles. The van der Waals surface area contributed by atoms with Crippen LogP contribution in [-0.2, 0) is 0 Å². The number of nitrogens with one attached hydrogen (secondary N) is 2. The van der Waals surface area contributed by atoms with E-state index in [4.69, 9.17) is 0 Å². The van der Waals surface area contributed by atoms with Crippen LogP contribution in [0.2, 0.25) is 0 Å². The zero-order valence-corrected chi connectivity index (χ0v) is 11.2. The molecule has 1 rings (SSSR count). The van der Waals surface area contributed by atoms with Crippen LogP contribution in [-0.4, -0.2) is 28.6 Å². The maximum atomic E-state index is 11.9. The first kappa shape index (κ1) is 14.4. The number of carbonyl (C=O) groups is 1. The fourth-order valence-corrected chi connectivity index (χ4v) is 1.66. The van der Waals surface area contributed by atoms with Gasteiger partial charge in [0, 0.05) is 12.2 Å². The van der Waals surface area contributed by atoms with E-state index < -0.39 is 17.6 Å². The number of H-pyrrole nitrogens is 1. The molecule has 1 amide bonds. The van der Waals surface area contributed by atoms with Crippen LogP contribution in [0.5, 0.6) is 0 Å². The lowest BCUT2D eigenvalue weighted by atomic mass is 10.1. The third-order valence-electron chi connectivity index (χ3n) is 2.83. The third kappa shape index (κ3) is 3.43. The molecule has 1 aromatic rings. The number of carbonyl (C=O) groups excluding carboxylic acids is 1. The van der Waals surface area contributed by atoms with Gasteiger partial charge in [-0.15, -0.1) is 0 Å². The Bertz CT molecular complexity index is 491. The molecule has 1 aromatic heterocycles. The van der Waals surface area contributed by atoms with Gasteiger partial charge in [0.25, 0.3) is 11.5 Å². The smallest absolute Gasteiger partial charge is 0.261 e. The van der Waals surface area contributed by atoms with E-state index >= 15 is 0 Å². The summed E-state index contributed by atoms with van der Waals surface area (Å²) in [4.78, 5) is 26.2. The first-order valence-corrected chi connectivity index (χ1v) is 5.99. The minimum Gasteiger partial charge on any atom is -0.391 e. The molecule has 0 fully saturated rings. The van der Waals surface area contributed by atoms with Crippen LogP contribution in [0.15, 0.2) is 10.9 Å². The van der Waals surface area contributed by atoms with Crippen molar-refractivity contribution >= 4 is 5.91 Å². The number of aliphatic hydroxyl groups excluding tert-OH is 1. The van der Waals surface area contributed by atoms with E-state index in [0.717, 1.165) is 5.69 Å². The molecule has 0 aliphatic heterocycles. The van der Waals surface area contributed by atoms with Crippen LogP contribution in [0.3, 0.4) is 0 Å². The number of aromatic nitrogens is 1. The van der Waals surface area contributed by atoms with Crippen molar-refractivity contribution in [3.05, 3.63) is 33.2 Å². The summed E-state index contributed by atoms with van der Waals surface area (Å²) in [6, 6.07) is 1.75. The van der Waals surface area contributed by atoms with E-state index in [0.29, 0.717) is 5.56 Å². The Labute approximate surface area is 106 Å². The molecule has 1 unspecified atom stereocenters. The summed E-state index contributed by atoms with van der Waals surface area (Å²) in [5.74, 6) is -0.392. The van der Waals surface area contributed by atoms with Gasteiger partial charge in [-0.1, -0.05) is 13.8 Å². The van der Waals surface area contributed by atoms with E-state index in [-0.39, 0.29) is 18.0 Å². The van der Waals surface area contributed by atoms with Crippen LogP contribution < -0.4 is 10.9 Å². The molecule has 5 nitrogen and oxygen atoms in total. The van der Waals surface area contributed by atoms with Gasteiger partial charge in [-0.3, -0.25) is 9.59 Å². The molecule has 1 atom stereocenters. The summed E-state index contributed by atoms with van der Waals surface area (Å²) >= 11 is 0. The lowest BCUT2D eigenvalue weighted by Gasteiger charge is -2.15. The highest BCUT2D eigenvalue weighted by atomic mass is 16.3. The predicted octanol–water partition coefficient (Wildman–Crippen LogP) is 0.738. The van der Waals surface area contributed by atoms with Crippen molar-refractivity contribution in [1.82, 2.24) is 10.3 Å². The van der Waals surface area contributed by atoms with Crippen LogP contribution in [0.4, 0.5) is 0 Å². The minimum absolute atomic E-state index is 0.0581. The number of hydrogen-bond donors (Lipinski definition) is 3. The molecule has 0 aliphatic rings. The Hall–Kier alpha value is -1.62. The Morgan fingerprint density at radius 1 is 1.44 bits per heavy atom. The van der Waals surface area contributed by atoms with Crippen molar-refractivity contribution in [2.45, 2.75) is 33.8 Å². The number of amides is 1. The van der Waals surface area contributed by atoms with Crippen molar-refractivity contribution in [2.24, 2.45) is 5.92 Å². The van der Waals surface area contributed by atoms with Gasteiger partial charge < -0.3 is 15.4 Å². The first-order chi connectivity index (χ1) is 8.32. The topological polar surface area (TPSA) is 82.2 Å². The number of rotatable bonds is 4. The second-order valence-electron chi connectivity index (χ2n) is 4.86. The van der Waals surface area contributed by atoms with Gasteiger partial charge in [0.1, 0.15) is 5.56 Å². The number of aryl methyl sites for hydroxylation is 2. The van der Waals surface area contributed by atoms with Gasteiger partial charge in [-0.2, -0.15) is 0 Å². The molecule has 5 heteroatoms. The van der Waals surface area contributed by atoms with E-state index in [9.17, 15) is 14.7 Å². The highest BCUT2D eigenvalue weighted by Crippen LogP contribution is 2.04. The summed E-state index contributed by atoms with van der Waals surface area (Å²) in [6.07, 6.45) is -0.612. The molecule has 0 saturated carbocycles. The Kier molecular flexibility index (Phi) is 4.67. The molecule has 3 N–H and O–H groups in total. The van der Waals surface area contributed by atoms with Crippen LogP contribution in [0, 0.1) is 19.8 Å². The van der Waals surface area contributed by atoms with Crippen molar-refractivity contribution in [3.63, 3.8) is 0 Å². The molecule has 0 spiro atoms. The summed E-state index contributed by atoms with van der Waals surface area (Å²) in [5, 5.41) is 12.2. The normalized spacial score (nSPS) is 12.6. The van der Waals surface area contributed by atoms with Crippen LogP contribution >= 0.6 is 0 Å². The fraction of sp³-hybridized carbons (Fsp3) is 0.538. The minimum atomic E-state index is -0.612. The number of aromatic amines is 1. The average molecular weight is 252 g/mol. The maximum absolute atomic E-state index is 11.9. The second kappa shape index (κ2) is 5.82. The monoisotopic (exact) mass is 252 g/mol. The Morgan fingerprint density at radius 2 is 2.06 bits per heavy atom. The van der Waals surface area contributed by atoms with Gasteiger partial charge >= 0.3 is 0 Å².